The summed E-state index contributed by atoms with van der Waals surface area (Å²) >= 11 is 0. The second-order valence-corrected chi connectivity index (χ2v) is 3.38. The Kier molecular flexibility index (Phi) is 2.37. The molecule has 1 aliphatic rings. The molecule has 1 atom stereocenters. The number of fused-ring (bicyclic) bond motifs is 1. The van der Waals surface area contributed by atoms with Gasteiger partial charge in [-0.25, -0.2) is 4.39 Å². The van der Waals surface area contributed by atoms with Gasteiger partial charge in [0.05, 0.1) is 6.61 Å². The number of benzene rings is 1. The summed E-state index contributed by atoms with van der Waals surface area (Å²) in [5.41, 5.74) is 6.35. The van der Waals surface area contributed by atoms with Gasteiger partial charge in [0.25, 0.3) is 0 Å². The van der Waals surface area contributed by atoms with E-state index < -0.39 is 11.6 Å². The third-order valence-electron chi connectivity index (χ3n) is 2.39. The molecule has 0 unspecified atom stereocenters. The SMILES string of the molecule is N[C@H]1CCCOc2c1ccc(F)c2F. The number of hydrogen-bond acceptors (Lipinski definition) is 2. The number of rotatable bonds is 0. The summed E-state index contributed by atoms with van der Waals surface area (Å²) < 4.78 is 31.3. The van der Waals surface area contributed by atoms with E-state index in [2.05, 4.69) is 0 Å². The van der Waals surface area contributed by atoms with E-state index >= 15 is 0 Å². The van der Waals surface area contributed by atoms with Crippen LogP contribution in [0.4, 0.5) is 8.78 Å². The van der Waals surface area contributed by atoms with Crippen LogP contribution in [0.15, 0.2) is 12.1 Å². The first-order valence-corrected chi connectivity index (χ1v) is 4.56. The highest BCUT2D eigenvalue weighted by Gasteiger charge is 2.21. The first-order chi connectivity index (χ1) is 6.70. The summed E-state index contributed by atoms with van der Waals surface area (Å²) in [6.45, 7) is 0.390. The van der Waals surface area contributed by atoms with Crippen LogP contribution in [-0.4, -0.2) is 6.61 Å². The van der Waals surface area contributed by atoms with Gasteiger partial charge in [0, 0.05) is 11.6 Å². The summed E-state index contributed by atoms with van der Waals surface area (Å²) in [6, 6.07) is 2.31. The average Bonchev–Trinajstić information content (AvgIpc) is 2.35. The first-order valence-electron chi connectivity index (χ1n) is 4.56. The van der Waals surface area contributed by atoms with Crippen LogP contribution < -0.4 is 10.5 Å². The highest BCUT2D eigenvalue weighted by atomic mass is 19.2. The number of halogens is 2. The molecule has 2 rings (SSSR count). The third kappa shape index (κ3) is 1.46. The maximum atomic E-state index is 13.3. The molecule has 1 aromatic rings. The predicted octanol–water partition coefficient (Wildman–Crippen LogP) is 2.14. The van der Waals surface area contributed by atoms with Crippen molar-refractivity contribution in [2.75, 3.05) is 6.61 Å². The molecule has 0 bridgehead atoms. The Labute approximate surface area is 80.7 Å². The van der Waals surface area contributed by atoms with Crippen LogP contribution in [0.1, 0.15) is 24.4 Å². The van der Waals surface area contributed by atoms with Crippen LogP contribution >= 0.6 is 0 Å². The maximum Gasteiger partial charge on any atom is 0.200 e. The van der Waals surface area contributed by atoms with E-state index in [0.717, 1.165) is 18.9 Å². The molecular formula is C10H11F2NO. The molecular weight excluding hydrogens is 188 g/mol. The molecule has 1 aliphatic heterocycles. The fourth-order valence-electron chi connectivity index (χ4n) is 1.62. The minimum Gasteiger partial charge on any atom is -0.490 e. The molecule has 0 saturated carbocycles. The standard InChI is InChI=1S/C10H11F2NO/c11-7-4-3-6-8(13)2-1-5-14-10(6)9(7)12/h3-4,8H,1-2,5,13H2/t8-/m0/s1. The molecule has 2 N–H and O–H groups in total. The molecule has 0 amide bonds. The molecule has 0 aliphatic carbocycles. The third-order valence-corrected chi connectivity index (χ3v) is 2.39. The Hall–Kier alpha value is -1.16. The van der Waals surface area contributed by atoms with Crippen LogP contribution in [-0.2, 0) is 0 Å². The van der Waals surface area contributed by atoms with Crippen molar-refractivity contribution in [3.05, 3.63) is 29.3 Å². The Balaban J connectivity index is 2.53. The summed E-state index contributed by atoms with van der Waals surface area (Å²) in [5, 5.41) is 0. The van der Waals surface area contributed by atoms with E-state index in [1.165, 1.54) is 6.07 Å². The molecule has 0 fully saturated rings. The van der Waals surface area contributed by atoms with E-state index in [0.29, 0.717) is 12.2 Å². The summed E-state index contributed by atoms with van der Waals surface area (Å²) in [4.78, 5) is 0. The minimum absolute atomic E-state index is 0.0185. The number of nitrogens with two attached hydrogens (primary N) is 1. The molecule has 0 radical (unpaired) electrons. The van der Waals surface area contributed by atoms with Gasteiger partial charge < -0.3 is 10.5 Å². The zero-order valence-corrected chi connectivity index (χ0v) is 7.59. The topological polar surface area (TPSA) is 35.2 Å². The van der Waals surface area contributed by atoms with Crippen LogP contribution in [0.3, 0.4) is 0 Å². The van der Waals surface area contributed by atoms with Crippen LogP contribution in [0.2, 0.25) is 0 Å². The average molecular weight is 199 g/mol. The lowest BCUT2D eigenvalue weighted by atomic mass is 10.0. The molecule has 0 spiro atoms. The lowest BCUT2D eigenvalue weighted by molar-refractivity contribution is 0.295. The van der Waals surface area contributed by atoms with Crippen molar-refractivity contribution in [1.29, 1.82) is 0 Å². The Morgan fingerprint density at radius 3 is 2.93 bits per heavy atom. The smallest absolute Gasteiger partial charge is 0.200 e. The number of hydrogen-bond donors (Lipinski definition) is 1. The molecule has 0 aromatic heterocycles. The van der Waals surface area contributed by atoms with Gasteiger partial charge in [-0.1, -0.05) is 6.07 Å². The van der Waals surface area contributed by atoms with Crippen molar-refractivity contribution in [2.45, 2.75) is 18.9 Å². The van der Waals surface area contributed by atoms with Gasteiger partial charge >= 0.3 is 0 Å². The molecule has 0 saturated heterocycles. The summed E-state index contributed by atoms with van der Waals surface area (Å²) in [7, 11) is 0. The highest BCUT2D eigenvalue weighted by molar-refractivity contribution is 5.38. The van der Waals surface area contributed by atoms with E-state index in [4.69, 9.17) is 10.5 Å². The Bertz CT molecular complexity index is 354. The second kappa shape index (κ2) is 3.53. The van der Waals surface area contributed by atoms with Crippen molar-refractivity contribution in [2.24, 2.45) is 5.73 Å². The van der Waals surface area contributed by atoms with Gasteiger partial charge in [-0.05, 0) is 18.9 Å². The molecule has 4 heteroatoms. The largest absolute Gasteiger partial charge is 0.490 e. The zero-order chi connectivity index (χ0) is 10.1. The lowest BCUT2D eigenvalue weighted by Crippen LogP contribution is -2.09. The van der Waals surface area contributed by atoms with Crippen molar-refractivity contribution in [3.63, 3.8) is 0 Å². The first kappa shape index (κ1) is 9.40. The minimum atomic E-state index is -0.931. The zero-order valence-electron chi connectivity index (χ0n) is 7.59. The van der Waals surface area contributed by atoms with Crippen molar-refractivity contribution in [1.82, 2.24) is 0 Å². The molecule has 14 heavy (non-hydrogen) atoms. The van der Waals surface area contributed by atoms with E-state index in [-0.39, 0.29) is 11.8 Å². The van der Waals surface area contributed by atoms with Crippen LogP contribution in [0, 0.1) is 11.6 Å². The molecule has 2 nitrogen and oxygen atoms in total. The fraction of sp³-hybridized carbons (Fsp3) is 0.400. The highest BCUT2D eigenvalue weighted by Crippen LogP contribution is 2.33. The van der Waals surface area contributed by atoms with Crippen molar-refractivity contribution < 1.29 is 13.5 Å². The molecule has 1 heterocycles. The monoisotopic (exact) mass is 199 g/mol. The fourth-order valence-corrected chi connectivity index (χ4v) is 1.62. The van der Waals surface area contributed by atoms with Crippen LogP contribution in [0.25, 0.3) is 0 Å². The van der Waals surface area contributed by atoms with E-state index in [9.17, 15) is 8.78 Å². The normalized spacial score (nSPS) is 20.9. The predicted molar refractivity (Wildman–Crippen MR) is 48.0 cm³/mol. The van der Waals surface area contributed by atoms with E-state index in [1.54, 1.807) is 0 Å². The molecule has 76 valence electrons. The lowest BCUT2D eigenvalue weighted by Gasteiger charge is -2.12. The van der Waals surface area contributed by atoms with Gasteiger partial charge in [0.1, 0.15) is 0 Å². The number of ether oxygens (including phenoxy) is 1. The van der Waals surface area contributed by atoms with Crippen molar-refractivity contribution in [3.8, 4) is 5.75 Å². The van der Waals surface area contributed by atoms with E-state index in [1.807, 2.05) is 0 Å². The van der Waals surface area contributed by atoms with Gasteiger partial charge in [0.2, 0.25) is 5.82 Å². The molecule has 1 aromatic carbocycles. The Morgan fingerprint density at radius 2 is 2.14 bits per heavy atom. The summed E-state index contributed by atoms with van der Waals surface area (Å²) in [5.74, 6) is -1.84. The second-order valence-electron chi connectivity index (χ2n) is 3.38. The quantitative estimate of drug-likeness (QED) is 0.694. The van der Waals surface area contributed by atoms with Gasteiger partial charge in [-0.15, -0.1) is 0 Å². The van der Waals surface area contributed by atoms with Crippen molar-refractivity contribution >= 4 is 0 Å². The summed E-state index contributed by atoms with van der Waals surface area (Å²) in [6.07, 6.45) is 1.50. The van der Waals surface area contributed by atoms with Gasteiger partial charge in [-0.2, -0.15) is 4.39 Å². The van der Waals surface area contributed by atoms with Gasteiger partial charge in [-0.3, -0.25) is 0 Å². The maximum absolute atomic E-state index is 13.3. The van der Waals surface area contributed by atoms with Crippen LogP contribution in [0.5, 0.6) is 5.75 Å². The van der Waals surface area contributed by atoms with Gasteiger partial charge in [0.15, 0.2) is 11.6 Å². The Morgan fingerprint density at radius 1 is 1.36 bits per heavy atom.